The first-order valence-corrected chi connectivity index (χ1v) is 7.18. The zero-order valence-corrected chi connectivity index (χ0v) is 11.5. The first kappa shape index (κ1) is 12.7. The van der Waals surface area contributed by atoms with Crippen LogP contribution in [0.4, 0.5) is 0 Å². The molecule has 3 nitrogen and oxygen atoms in total. The van der Waals surface area contributed by atoms with Crippen molar-refractivity contribution in [2.24, 2.45) is 11.3 Å². The van der Waals surface area contributed by atoms with Gasteiger partial charge in [0.2, 0.25) is 0 Å². The van der Waals surface area contributed by atoms with E-state index in [0.29, 0.717) is 6.61 Å². The summed E-state index contributed by atoms with van der Waals surface area (Å²) in [7, 11) is 0. The Morgan fingerprint density at radius 1 is 1.26 bits per heavy atom. The lowest BCUT2D eigenvalue weighted by Crippen LogP contribution is -2.61. The van der Waals surface area contributed by atoms with E-state index in [-0.39, 0.29) is 11.3 Å². The summed E-state index contributed by atoms with van der Waals surface area (Å²) in [6.45, 7) is 3.55. The summed E-state index contributed by atoms with van der Waals surface area (Å²) >= 11 is 0. The second-order valence-corrected chi connectivity index (χ2v) is 6.06. The number of rotatable bonds is 3. The molecule has 0 bridgehead atoms. The Kier molecular flexibility index (Phi) is 3.31. The molecule has 2 aliphatic rings. The maximum atomic E-state index is 12.3. The van der Waals surface area contributed by atoms with Gasteiger partial charge in [0, 0.05) is 0 Å². The van der Waals surface area contributed by atoms with Crippen molar-refractivity contribution in [3.05, 3.63) is 35.9 Å². The van der Waals surface area contributed by atoms with Crippen molar-refractivity contribution in [1.82, 2.24) is 5.06 Å². The number of β-lactam (4-membered cyclic amide) rings is 1. The zero-order valence-electron chi connectivity index (χ0n) is 11.5. The molecule has 0 unspecified atom stereocenters. The van der Waals surface area contributed by atoms with Gasteiger partial charge in [0.15, 0.2) is 0 Å². The van der Waals surface area contributed by atoms with E-state index in [1.54, 1.807) is 5.06 Å². The quantitative estimate of drug-likeness (QED) is 0.780. The van der Waals surface area contributed by atoms with Crippen molar-refractivity contribution >= 4 is 5.91 Å². The van der Waals surface area contributed by atoms with Gasteiger partial charge in [0.05, 0.1) is 12.0 Å². The molecular weight excluding hydrogens is 238 g/mol. The van der Waals surface area contributed by atoms with Gasteiger partial charge in [-0.15, -0.1) is 0 Å². The zero-order chi connectivity index (χ0) is 13.3. The van der Waals surface area contributed by atoms with Crippen molar-refractivity contribution in [1.29, 1.82) is 0 Å². The molecule has 0 atom stereocenters. The fourth-order valence-electron chi connectivity index (χ4n) is 3.11. The molecule has 1 aliphatic carbocycles. The number of nitrogens with zero attached hydrogens (tertiary/aromatic N) is 1. The summed E-state index contributed by atoms with van der Waals surface area (Å²) in [5, 5.41) is 1.56. The molecule has 1 spiro atoms. The second-order valence-electron chi connectivity index (χ2n) is 6.06. The van der Waals surface area contributed by atoms with Crippen molar-refractivity contribution in [2.45, 2.75) is 39.2 Å². The fraction of sp³-hybridized carbons (Fsp3) is 0.562. The van der Waals surface area contributed by atoms with Crippen molar-refractivity contribution in [3.8, 4) is 0 Å². The van der Waals surface area contributed by atoms with Gasteiger partial charge in [-0.3, -0.25) is 9.63 Å². The molecule has 102 valence electrons. The van der Waals surface area contributed by atoms with E-state index in [4.69, 9.17) is 4.84 Å². The van der Waals surface area contributed by atoms with Gasteiger partial charge < -0.3 is 0 Å². The van der Waals surface area contributed by atoms with Crippen LogP contribution in [0.1, 0.15) is 38.2 Å². The molecule has 2 fully saturated rings. The average Bonchev–Trinajstić information content (AvgIpc) is 2.46. The summed E-state index contributed by atoms with van der Waals surface area (Å²) in [5.41, 5.74) is 1.02. The number of amides is 1. The Balaban J connectivity index is 1.52. The van der Waals surface area contributed by atoms with Gasteiger partial charge in [0.25, 0.3) is 5.91 Å². The number of carbonyl (C=O) groups is 1. The first-order chi connectivity index (χ1) is 9.20. The minimum Gasteiger partial charge on any atom is -0.272 e. The minimum absolute atomic E-state index is 0.0802. The topological polar surface area (TPSA) is 29.5 Å². The Labute approximate surface area is 114 Å². The van der Waals surface area contributed by atoms with Gasteiger partial charge in [-0.1, -0.05) is 37.3 Å². The summed E-state index contributed by atoms with van der Waals surface area (Å²) in [4.78, 5) is 17.9. The van der Waals surface area contributed by atoms with Crippen LogP contribution in [-0.2, 0) is 16.2 Å². The highest BCUT2D eigenvalue weighted by molar-refractivity contribution is 5.87. The van der Waals surface area contributed by atoms with E-state index in [9.17, 15) is 4.79 Å². The van der Waals surface area contributed by atoms with E-state index in [1.807, 2.05) is 30.3 Å². The number of hydrogen-bond donors (Lipinski definition) is 0. The lowest BCUT2D eigenvalue weighted by atomic mass is 9.66. The molecular formula is C16H21NO2. The molecule has 3 heteroatoms. The third-order valence-corrected chi connectivity index (χ3v) is 4.59. The van der Waals surface area contributed by atoms with Crippen LogP contribution in [0.3, 0.4) is 0 Å². The Morgan fingerprint density at radius 3 is 2.58 bits per heavy atom. The second kappa shape index (κ2) is 4.97. The Bertz CT molecular complexity index is 449. The smallest absolute Gasteiger partial charge is 0.254 e. The van der Waals surface area contributed by atoms with Crippen LogP contribution in [0.15, 0.2) is 30.3 Å². The highest BCUT2D eigenvalue weighted by atomic mass is 16.7. The molecule has 1 saturated carbocycles. The number of hydrogen-bond acceptors (Lipinski definition) is 2. The van der Waals surface area contributed by atoms with Crippen LogP contribution >= 0.6 is 0 Å². The summed E-state index contributed by atoms with van der Waals surface area (Å²) in [6.07, 6.45) is 4.44. The van der Waals surface area contributed by atoms with Crippen molar-refractivity contribution in [2.75, 3.05) is 6.54 Å². The third kappa shape index (κ3) is 2.39. The lowest BCUT2D eigenvalue weighted by Gasteiger charge is -2.50. The van der Waals surface area contributed by atoms with E-state index < -0.39 is 0 Å². The molecule has 0 N–H and O–H groups in total. The van der Waals surface area contributed by atoms with Gasteiger partial charge in [-0.25, -0.2) is 5.06 Å². The highest BCUT2D eigenvalue weighted by Crippen LogP contribution is 2.46. The van der Waals surface area contributed by atoms with Crippen LogP contribution in [0, 0.1) is 11.3 Å². The minimum atomic E-state index is -0.0802. The molecule has 1 aromatic rings. The molecule has 1 aliphatic heterocycles. The molecule has 1 saturated heterocycles. The van der Waals surface area contributed by atoms with Gasteiger partial charge >= 0.3 is 0 Å². The Hall–Kier alpha value is -1.35. The van der Waals surface area contributed by atoms with Crippen LogP contribution in [0.2, 0.25) is 0 Å². The molecule has 0 radical (unpaired) electrons. The van der Waals surface area contributed by atoms with E-state index >= 15 is 0 Å². The van der Waals surface area contributed by atoms with Gasteiger partial charge in [0.1, 0.15) is 6.61 Å². The largest absolute Gasteiger partial charge is 0.272 e. The highest BCUT2D eigenvalue weighted by Gasteiger charge is 2.53. The van der Waals surface area contributed by atoms with Gasteiger partial charge in [-0.2, -0.15) is 0 Å². The lowest BCUT2D eigenvalue weighted by molar-refractivity contribution is -0.247. The fourth-order valence-corrected chi connectivity index (χ4v) is 3.11. The van der Waals surface area contributed by atoms with Crippen LogP contribution in [-0.4, -0.2) is 17.5 Å². The van der Waals surface area contributed by atoms with Crippen molar-refractivity contribution < 1.29 is 9.63 Å². The maximum Gasteiger partial charge on any atom is 0.254 e. The molecule has 1 heterocycles. The van der Waals surface area contributed by atoms with E-state index in [1.165, 1.54) is 12.8 Å². The number of carbonyl (C=O) groups excluding carboxylic acids is 1. The normalized spacial score (nSPS) is 30.5. The monoisotopic (exact) mass is 259 g/mol. The van der Waals surface area contributed by atoms with Crippen molar-refractivity contribution in [3.63, 3.8) is 0 Å². The SMILES string of the molecule is CC1CCC2(CC1)CN(OCc1ccccc1)C2=O. The predicted octanol–water partition coefficient (Wildman–Crippen LogP) is 3.16. The average molecular weight is 259 g/mol. The molecule has 1 amide bonds. The maximum absolute atomic E-state index is 12.3. The van der Waals surface area contributed by atoms with E-state index in [2.05, 4.69) is 6.92 Å². The summed E-state index contributed by atoms with van der Waals surface area (Å²) in [5.74, 6) is 0.980. The summed E-state index contributed by atoms with van der Waals surface area (Å²) < 4.78 is 0. The van der Waals surface area contributed by atoms with E-state index in [0.717, 1.165) is 30.9 Å². The standard InChI is InChI=1S/C16H21NO2/c1-13-7-9-16(10-8-13)12-17(15(16)18)19-11-14-5-3-2-4-6-14/h2-6,13H,7-12H2,1H3. The molecule has 0 aromatic heterocycles. The first-order valence-electron chi connectivity index (χ1n) is 7.18. The molecule has 3 rings (SSSR count). The van der Waals surface area contributed by atoms with Gasteiger partial charge in [-0.05, 0) is 37.2 Å². The summed E-state index contributed by atoms with van der Waals surface area (Å²) in [6, 6.07) is 9.99. The molecule has 1 aromatic carbocycles. The number of benzene rings is 1. The third-order valence-electron chi connectivity index (χ3n) is 4.59. The predicted molar refractivity (Wildman–Crippen MR) is 73.0 cm³/mol. The molecule has 19 heavy (non-hydrogen) atoms. The van der Waals surface area contributed by atoms with Crippen LogP contribution < -0.4 is 0 Å². The van der Waals surface area contributed by atoms with Crippen LogP contribution in [0.5, 0.6) is 0 Å². The van der Waals surface area contributed by atoms with Crippen LogP contribution in [0.25, 0.3) is 0 Å². The number of hydroxylamine groups is 2. The Morgan fingerprint density at radius 2 is 1.95 bits per heavy atom.